The zero-order chi connectivity index (χ0) is 22.1. The Hall–Kier alpha value is -2.82. The van der Waals surface area contributed by atoms with Crippen LogP contribution in [0.4, 0.5) is 15.8 Å². The average molecular weight is 479 g/mol. The van der Waals surface area contributed by atoms with Gasteiger partial charge in [-0.2, -0.15) is 0 Å². The second-order valence-electron chi connectivity index (χ2n) is 6.90. The molecule has 0 radical (unpaired) electrons. The summed E-state index contributed by atoms with van der Waals surface area (Å²) in [6.07, 6.45) is 0. The predicted molar refractivity (Wildman–Crippen MR) is 124 cm³/mol. The highest BCUT2D eigenvalue weighted by atomic mass is 35.5. The number of nitro groups is 1. The minimum atomic E-state index is -0.478. The van der Waals surface area contributed by atoms with Crippen LogP contribution in [0.2, 0.25) is 5.02 Å². The van der Waals surface area contributed by atoms with E-state index < -0.39 is 4.92 Å². The Morgan fingerprint density at radius 3 is 2.55 bits per heavy atom. The molecule has 160 valence electrons. The third-order valence-corrected chi connectivity index (χ3v) is 6.95. The van der Waals surface area contributed by atoms with E-state index in [1.54, 1.807) is 23.1 Å². The van der Waals surface area contributed by atoms with E-state index in [4.69, 9.17) is 23.8 Å². The topological polar surface area (TPSA) is 78.7 Å². The van der Waals surface area contributed by atoms with Gasteiger partial charge < -0.3 is 15.1 Å². The Morgan fingerprint density at radius 2 is 1.87 bits per heavy atom. The molecule has 1 fully saturated rings. The molecule has 1 N–H and O–H groups in total. The van der Waals surface area contributed by atoms with Crippen molar-refractivity contribution in [3.8, 4) is 0 Å². The molecule has 7 nitrogen and oxygen atoms in total. The molecule has 2 heterocycles. The number of thiophene rings is 1. The highest BCUT2D eigenvalue weighted by Crippen LogP contribution is 2.38. The number of hydrogen-bond acceptors (Lipinski definition) is 5. The summed E-state index contributed by atoms with van der Waals surface area (Å²) in [5, 5.41) is 15.4. The molecule has 0 atom stereocenters. The fourth-order valence-corrected chi connectivity index (χ4v) is 5.14. The molecule has 0 bridgehead atoms. The normalized spacial score (nSPS) is 14.0. The summed E-state index contributed by atoms with van der Waals surface area (Å²) in [7, 11) is 0. The summed E-state index contributed by atoms with van der Waals surface area (Å²) >= 11 is 13.0. The van der Waals surface area contributed by atoms with Gasteiger partial charge in [-0.3, -0.25) is 14.9 Å². The molecule has 0 aliphatic carbocycles. The van der Waals surface area contributed by atoms with E-state index in [-0.39, 0.29) is 17.4 Å². The third-order valence-electron chi connectivity index (χ3n) is 4.95. The second kappa shape index (κ2) is 8.74. The SMILES string of the molecule is O=C(c1sc2cc([N+](=O)[O-])ccc2c1Cl)N1CCN(C(=S)Nc2cccc(F)c2)CC1. The van der Waals surface area contributed by atoms with Crippen molar-refractivity contribution in [2.75, 3.05) is 31.5 Å². The molecule has 0 unspecified atom stereocenters. The van der Waals surface area contributed by atoms with Crippen molar-refractivity contribution >= 4 is 67.6 Å². The highest BCUT2D eigenvalue weighted by molar-refractivity contribution is 7.80. The molecule has 1 aliphatic heterocycles. The van der Waals surface area contributed by atoms with Crippen LogP contribution in [0.15, 0.2) is 42.5 Å². The number of nitrogens with one attached hydrogen (secondary N) is 1. The first-order valence-electron chi connectivity index (χ1n) is 9.30. The van der Waals surface area contributed by atoms with Crippen molar-refractivity contribution in [1.82, 2.24) is 9.80 Å². The maximum absolute atomic E-state index is 13.3. The smallest absolute Gasteiger partial charge is 0.270 e. The monoisotopic (exact) mass is 478 g/mol. The van der Waals surface area contributed by atoms with Gasteiger partial charge in [0.2, 0.25) is 0 Å². The number of rotatable bonds is 3. The molecule has 0 spiro atoms. The Morgan fingerprint density at radius 1 is 1.16 bits per heavy atom. The molecular formula is C20H16ClFN4O3S2. The Bertz CT molecular complexity index is 1190. The Labute approximate surface area is 191 Å². The lowest BCUT2D eigenvalue weighted by molar-refractivity contribution is -0.384. The fraction of sp³-hybridized carbons (Fsp3) is 0.200. The minimum Gasteiger partial charge on any atom is -0.345 e. The van der Waals surface area contributed by atoms with Crippen molar-refractivity contribution in [2.24, 2.45) is 0 Å². The zero-order valence-corrected chi connectivity index (χ0v) is 18.4. The number of thiocarbonyl (C=S) groups is 1. The minimum absolute atomic E-state index is 0.0441. The number of benzene rings is 2. The van der Waals surface area contributed by atoms with Gasteiger partial charge in [-0.1, -0.05) is 17.7 Å². The number of hydrogen-bond donors (Lipinski definition) is 1. The van der Waals surface area contributed by atoms with Crippen molar-refractivity contribution in [2.45, 2.75) is 0 Å². The first-order chi connectivity index (χ1) is 14.8. The summed E-state index contributed by atoms with van der Waals surface area (Å²) in [5.74, 6) is -0.564. The number of amides is 1. The average Bonchev–Trinajstić information content (AvgIpc) is 3.09. The number of anilines is 1. The van der Waals surface area contributed by atoms with Gasteiger partial charge in [0.25, 0.3) is 11.6 Å². The molecule has 0 saturated carbocycles. The van der Waals surface area contributed by atoms with Crippen LogP contribution >= 0.6 is 35.2 Å². The van der Waals surface area contributed by atoms with Gasteiger partial charge in [-0.25, -0.2) is 4.39 Å². The molecule has 1 saturated heterocycles. The first-order valence-corrected chi connectivity index (χ1v) is 10.9. The number of carbonyl (C=O) groups is 1. The number of halogens is 2. The Balaban J connectivity index is 1.43. The van der Waals surface area contributed by atoms with Crippen molar-refractivity contribution in [3.63, 3.8) is 0 Å². The van der Waals surface area contributed by atoms with Gasteiger partial charge in [0, 0.05) is 54.1 Å². The van der Waals surface area contributed by atoms with E-state index in [2.05, 4.69) is 5.32 Å². The molecule has 4 rings (SSSR count). The Kier molecular flexibility index (Phi) is 6.03. The molecule has 3 aromatic rings. The van der Waals surface area contributed by atoms with E-state index in [1.165, 1.54) is 24.3 Å². The molecule has 1 aliphatic rings. The molecular weight excluding hydrogens is 463 g/mol. The number of nitrogens with zero attached hydrogens (tertiary/aromatic N) is 3. The number of non-ortho nitro benzene ring substituents is 1. The fourth-order valence-electron chi connectivity index (χ4n) is 3.33. The van der Waals surface area contributed by atoms with Crippen molar-refractivity contribution < 1.29 is 14.1 Å². The van der Waals surface area contributed by atoms with E-state index in [9.17, 15) is 19.3 Å². The maximum Gasteiger partial charge on any atom is 0.270 e. The summed E-state index contributed by atoms with van der Waals surface area (Å²) in [4.78, 5) is 27.5. The first kappa shape index (κ1) is 21.4. The van der Waals surface area contributed by atoms with Gasteiger partial charge >= 0.3 is 0 Å². The van der Waals surface area contributed by atoms with Crippen molar-refractivity contribution in [1.29, 1.82) is 0 Å². The molecule has 1 amide bonds. The number of piperazine rings is 1. The molecule has 31 heavy (non-hydrogen) atoms. The lowest BCUT2D eigenvalue weighted by Gasteiger charge is -2.36. The molecule has 2 aromatic carbocycles. The van der Waals surface area contributed by atoms with E-state index >= 15 is 0 Å². The van der Waals surface area contributed by atoms with Crippen LogP contribution in [0.1, 0.15) is 9.67 Å². The number of nitro benzene ring substituents is 1. The van der Waals surface area contributed by atoms with Crippen molar-refractivity contribution in [3.05, 3.63) is 68.3 Å². The van der Waals surface area contributed by atoms with Gasteiger partial charge in [-0.15, -0.1) is 11.3 Å². The standard InChI is InChI=1S/C20H16ClFN4O3S2/c21-17-15-5-4-14(26(28)29)11-16(15)31-18(17)19(27)24-6-8-25(9-7-24)20(30)23-13-3-1-2-12(22)10-13/h1-5,10-11H,6-9H2,(H,23,30). The predicted octanol–water partition coefficient (Wildman–Crippen LogP) is 4.76. The highest BCUT2D eigenvalue weighted by Gasteiger charge is 2.27. The van der Waals surface area contributed by atoms with Crippen LogP contribution in [-0.4, -0.2) is 51.9 Å². The van der Waals surface area contributed by atoms with Gasteiger partial charge in [0.05, 0.1) is 9.95 Å². The van der Waals surface area contributed by atoms with Gasteiger partial charge in [0.1, 0.15) is 10.7 Å². The van der Waals surface area contributed by atoms with Gasteiger partial charge in [-0.05, 0) is 36.5 Å². The maximum atomic E-state index is 13.3. The van der Waals surface area contributed by atoms with Crippen LogP contribution in [0.25, 0.3) is 10.1 Å². The zero-order valence-electron chi connectivity index (χ0n) is 16.0. The van der Waals surface area contributed by atoms with Gasteiger partial charge in [0.15, 0.2) is 5.11 Å². The summed E-state index contributed by atoms with van der Waals surface area (Å²) < 4.78 is 13.9. The second-order valence-corrected chi connectivity index (χ2v) is 8.72. The van der Waals surface area contributed by atoms with Crippen LogP contribution in [0, 0.1) is 15.9 Å². The van der Waals surface area contributed by atoms with E-state index in [1.807, 2.05) is 4.90 Å². The summed E-state index contributed by atoms with van der Waals surface area (Å²) in [6, 6.07) is 10.4. The summed E-state index contributed by atoms with van der Waals surface area (Å²) in [5.41, 5.74) is 0.520. The quantitative estimate of drug-likeness (QED) is 0.332. The van der Waals surface area contributed by atoms with Crippen LogP contribution in [-0.2, 0) is 0 Å². The molecule has 11 heteroatoms. The number of carbonyl (C=O) groups excluding carboxylic acids is 1. The van der Waals surface area contributed by atoms with Crippen LogP contribution in [0.5, 0.6) is 0 Å². The van der Waals surface area contributed by atoms with E-state index in [0.717, 1.165) is 11.3 Å². The molecule has 1 aromatic heterocycles. The third kappa shape index (κ3) is 4.46. The number of fused-ring (bicyclic) bond motifs is 1. The van der Waals surface area contributed by atoms with Crippen LogP contribution < -0.4 is 5.32 Å². The van der Waals surface area contributed by atoms with Crippen LogP contribution in [0.3, 0.4) is 0 Å². The lowest BCUT2D eigenvalue weighted by Crippen LogP contribution is -2.51. The summed E-state index contributed by atoms with van der Waals surface area (Å²) in [6.45, 7) is 1.91. The largest absolute Gasteiger partial charge is 0.345 e. The lowest BCUT2D eigenvalue weighted by atomic mass is 10.2. The van der Waals surface area contributed by atoms with E-state index in [0.29, 0.717) is 57.0 Å².